The van der Waals surface area contributed by atoms with E-state index in [9.17, 15) is 0 Å². The van der Waals surface area contributed by atoms with E-state index in [1.54, 1.807) is 26.2 Å². The van der Waals surface area contributed by atoms with Crippen LogP contribution in [0, 0.1) is 0 Å². The van der Waals surface area contributed by atoms with Gasteiger partial charge in [-0.25, -0.2) is 4.31 Å². The van der Waals surface area contributed by atoms with Crippen LogP contribution in [0.5, 0.6) is 11.5 Å². The Morgan fingerprint density at radius 3 is 2.54 bits per heavy atom. The Kier molecular flexibility index (Phi) is 6.49. The van der Waals surface area contributed by atoms with Gasteiger partial charge in [-0.15, -0.1) is 0 Å². The molecule has 1 aliphatic heterocycles. The van der Waals surface area contributed by atoms with E-state index in [0.29, 0.717) is 6.54 Å². The first-order valence-corrected chi connectivity index (χ1v) is 9.32. The molecule has 0 radical (unpaired) electrons. The molecule has 1 saturated heterocycles. The van der Waals surface area contributed by atoms with Gasteiger partial charge in [-0.3, -0.25) is 0 Å². The molecule has 6 nitrogen and oxygen atoms in total. The Bertz CT molecular complexity index is 736. The minimum Gasteiger partial charge on any atom is -0.493 e. The number of rotatable bonds is 7. The minimum atomic E-state index is 0.653. The van der Waals surface area contributed by atoms with E-state index < -0.39 is 0 Å². The van der Waals surface area contributed by atoms with Gasteiger partial charge in [0.15, 0.2) is 11.5 Å². The zero-order chi connectivity index (χ0) is 18.4. The van der Waals surface area contributed by atoms with E-state index in [0.717, 1.165) is 59.6 Å². The zero-order valence-electron chi connectivity index (χ0n) is 15.2. The summed E-state index contributed by atoms with van der Waals surface area (Å²) in [6.07, 6.45) is 0. The van der Waals surface area contributed by atoms with Crippen molar-refractivity contribution in [2.75, 3.05) is 51.6 Å². The van der Waals surface area contributed by atoms with Gasteiger partial charge in [0.2, 0.25) is 0 Å². The number of ether oxygens (including phenoxy) is 3. The Morgan fingerprint density at radius 2 is 1.85 bits per heavy atom. The van der Waals surface area contributed by atoms with Crippen LogP contribution >= 0.6 is 11.9 Å². The predicted molar refractivity (Wildman–Crippen MR) is 106 cm³/mol. The van der Waals surface area contributed by atoms with Crippen molar-refractivity contribution in [2.45, 2.75) is 11.4 Å². The summed E-state index contributed by atoms with van der Waals surface area (Å²) in [4.78, 5) is 1.14. The number of morpholine rings is 1. The zero-order valence-corrected chi connectivity index (χ0v) is 16.0. The lowest BCUT2D eigenvalue weighted by molar-refractivity contribution is 0.0773. The molecule has 7 heteroatoms. The molecule has 0 saturated carbocycles. The summed E-state index contributed by atoms with van der Waals surface area (Å²) in [5, 5.41) is 3.38. The summed E-state index contributed by atoms with van der Waals surface area (Å²) in [5.74, 6) is 1.44. The molecule has 2 aromatic rings. The fourth-order valence-corrected chi connectivity index (χ4v) is 3.67. The van der Waals surface area contributed by atoms with Gasteiger partial charge >= 0.3 is 0 Å². The highest BCUT2D eigenvalue weighted by atomic mass is 32.2. The first-order valence-electron chi connectivity index (χ1n) is 8.54. The summed E-state index contributed by atoms with van der Waals surface area (Å²) >= 11 is 1.73. The van der Waals surface area contributed by atoms with Gasteiger partial charge < -0.3 is 25.3 Å². The van der Waals surface area contributed by atoms with Crippen molar-refractivity contribution in [3.63, 3.8) is 0 Å². The van der Waals surface area contributed by atoms with Crippen LogP contribution in [-0.2, 0) is 11.3 Å². The van der Waals surface area contributed by atoms with E-state index in [1.165, 1.54) is 0 Å². The molecule has 1 heterocycles. The molecule has 0 amide bonds. The molecule has 0 bridgehead atoms. The molecule has 26 heavy (non-hydrogen) atoms. The van der Waals surface area contributed by atoms with Crippen LogP contribution in [0.4, 0.5) is 11.4 Å². The van der Waals surface area contributed by atoms with Gasteiger partial charge in [-0.05, 0) is 47.8 Å². The fraction of sp³-hybridized carbons (Fsp3) is 0.368. The van der Waals surface area contributed by atoms with Gasteiger partial charge in [0, 0.05) is 24.5 Å². The Labute approximate surface area is 158 Å². The summed E-state index contributed by atoms with van der Waals surface area (Å²) < 4.78 is 18.3. The molecule has 2 aromatic carbocycles. The minimum absolute atomic E-state index is 0.653. The molecule has 0 spiro atoms. The smallest absolute Gasteiger partial charge is 0.161 e. The molecular weight excluding hydrogens is 350 g/mol. The lowest BCUT2D eigenvalue weighted by Crippen LogP contribution is -2.30. The Balaban J connectivity index is 1.61. The third-order valence-electron chi connectivity index (χ3n) is 4.16. The molecule has 3 N–H and O–H groups in total. The van der Waals surface area contributed by atoms with E-state index in [-0.39, 0.29) is 0 Å². The van der Waals surface area contributed by atoms with Crippen LogP contribution in [0.25, 0.3) is 0 Å². The summed E-state index contributed by atoms with van der Waals surface area (Å²) in [7, 11) is 3.27. The summed E-state index contributed by atoms with van der Waals surface area (Å²) in [6.45, 7) is 4.09. The van der Waals surface area contributed by atoms with Crippen molar-refractivity contribution >= 4 is 23.3 Å². The number of hydrogen-bond acceptors (Lipinski definition) is 7. The normalized spacial score (nSPS) is 14.8. The first kappa shape index (κ1) is 18.7. The fourth-order valence-electron chi connectivity index (χ4n) is 2.73. The van der Waals surface area contributed by atoms with Crippen LogP contribution in [-0.4, -0.2) is 44.8 Å². The number of nitrogens with one attached hydrogen (secondary N) is 1. The maximum absolute atomic E-state index is 6.23. The number of nitrogens with zero attached hydrogens (tertiary/aromatic N) is 1. The second-order valence-electron chi connectivity index (χ2n) is 5.92. The highest BCUT2D eigenvalue weighted by Gasteiger charge is 2.12. The second-order valence-corrected chi connectivity index (χ2v) is 7.10. The molecule has 0 aliphatic carbocycles. The van der Waals surface area contributed by atoms with Crippen molar-refractivity contribution < 1.29 is 14.2 Å². The molecular formula is C19H25N3O3S. The number of benzene rings is 2. The average molecular weight is 375 g/mol. The van der Waals surface area contributed by atoms with Crippen molar-refractivity contribution in [3.05, 3.63) is 42.0 Å². The molecule has 1 aliphatic rings. The maximum Gasteiger partial charge on any atom is 0.161 e. The number of nitrogens with two attached hydrogens (primary N) is 1. The van der Waals surface area contributed by atoms with Crippen molar-refractivity contribution in [3.8, 4) is 11.5 Å². The quantitative estimate of drug-likeness (QED) is 0.569. The van der Waals surface area contributed by atoms with Gasteiger partial charge in [-0.2, -0.15) is 0 Å². The first-order chi connectivity index (χ1) is 12.7. The maximum atomic E-state index is 6.23. The van der Waals surface area contributed by atoms with Crippen LogP contribution in [0.2, 0.25) is 0 Å². The van der Waals surface area contributed by atoms with Crippen molar-refractivity contribution in [2.24, 2.45) is 0 Å². The molecule has 1 fully saturated rings. The molecule has 3 rings (SSSR count). The topological polar surface area (TPSA) is 69.0 Å². The Morgan fingerprint density at radius 1 is 1.08 bits per heavy atom. The monoisotopic (exact) mass is 375 g/mol. The van der Waals surface area contributed by atoms with Gasteiger partial charge in [0.1, 0.15) is 0 Å². The van der Waals surface area contributed by atoms with Crippen LogP contribution in [0.3, 0.4) is 0 Å². The Hall–Kier alpha value is -2.09. The van der Waals surface area contributed by atoms with E-state index in [1.807, 2.05) is 30.3 Å². The molecule has 140 valence electrons. The standard InChI is InChI=1S/C19H25N3O3S/c1-23-18-6-3-14(11-19(18)24-2)13-21-17-5-4-15(12-16(17)20)26-22-7-9-25-10-8-22/h3-6,11-12,21H,7-10,13,20H2,1-2H3. The second kappa shape index (κ2) is 9.02. The third kappa shape index (κ3) is 4.75. The number of anilines is 2. The van der Waals surface area contributed by atoms with Crippen LogP contribution in [0.1, 0.15) is 5.56 Å². The van der Waals surface area contributed by atoms with E-state index >= 15 is 0 Å². The number of methoxy groups -OCH3 is 2. The number of hydrogen-bond donors (Lipinski definition) is 2. The molecule has 0 aromatic heterocycles. The van der Waals surface area contributed by atoms with Gasteiger partial charge in [0.05, 0.1) is 38.8 Å². The lowest BCUT2D eigenvalue weighted by atomic mass is 10.2. The highest BCUT2D eigenvalue weighted by Crippen LogP contribution is 2.30. The summed E-state index contributed by atoms with van der Waals surface area (Å²) in [5.41, 5.74) is 8.98. The van der Waals surface area contributed by atoms with Crippen LogP contribution < -0.4 is 20.5 Å². The van der Waals surface area contributed by atoms with Gasteiger partial charge in [-0.1, -0.05) is 6.07 Å². The van der Waals surface area contributed by atoms with Crippen molar-refractivity contribution in [1.29, 1.82) is 0 Å². The molecule has 0 unspecified atom stereocenters. The highest BCUT2D eigenvalue weighted by molar-refractivity contribution is 7.97. The summed E-state index contributed by atoms with van der Waals surface area (Å²) in [6, 6.07) is 12.0. The van der Waals surface area contributed by atoms with Crippen LogP contribution in [0.15, 0.2) is 41.3 Å². The van der Waals surface area contributed by atoms with E-state index in [4.69, 9.17) is 19.9 Å². The third-order valence-corrected chi connectivity index (χ3v) is 5.25. The number of nitrogen functional groups attached to an aromatic ring is 1. The van der Waals surface area contributed by atoms with Gasteiger partial charge in [0.25, 0.3) is 0 Å². The predicted octanol–water partition coefficient (Wildman–Crippen LogP) is 3.24. The lowest BCUT2D eigenvalue weighted by Gasteiger charge is -2.25. The average Bonchev–Trinajstić information content (AvgIpc) is 2.68. The largest absolute Gasteiger partial charge is 0.493 e. The van der Waals surface area contributed by atoms with E-state index in [2.05, 4.69) is 15.7 Å². The van der Waals surface area contributed by atoms with Crippen molar-refractivity contribution in [1.82, 2.24) is 4.31 Å². The molecule has 0 atom stereocenters. The SMILES string of the molecule is COc1ccc(CNc2ccc(SN3CCOCC3)cc2N)cc1OC.